The molecule has 2 heterocycles. The predicted octanol–water partition coefficient (Wildman–Crippen LogP) is 3.95. The predicted molar refractivity (Wildman–Crippen MR) is 115 cm³/mol. The summed E-state index contributed by atoms with van der Waals surface area (Å²) in [5.74, 6) is -0.933. The Kier molecular flexibility index (Phi) is 6.25. The molecule has 0 bridgehead atoms. The molecular formula is C21H20FNO5S3. The van der Waals surface area contributed by atoms with Gasteiger partial charge in [0.2, 0.25) is 10.0 Å². The fourth-order valence-electron chi connectivity index (χ4n) is 3.45. The zero-order chi connectivity index (χ0) is 22.1. The highest BCUT2D eigenvalue weighted by Gasteiger charge is 2.40. The van der Waals surface area contributed by atoms with E-state index in [2.05, 4.69) is 0 Å². The third kappa shape index (κ3) is 5.03. The molecule has 2 aromatic carbocycles. The van der Waals surface area contributed by atoms with Crippen LogP contribution in [0.1, 0.15) is 12.2 Å². The number of sulfonamides is 1. The lowest BCUT2D eigenvalue weighted by atomic mass is 10.2. The van der Waals surface area contributed by atoms with Crippen LogP contribution in [0.15, 0.2) is 86.0 Å². The zero-order valence-corrected chi connectivity index (χ0v) is 18.8. The highest BCUT2D eigenvalue weighted by Crippen LogP contribution is 2.32. The molecule has 1 saturated heterocycles. The monoisotopic (exact) mass is 481 g/mol. The van der Waals surface area contributed by atoms with Crippen LogP contribution in [0.2, 0.25) is 0 Å². The Bertz CT molecular complexity index is 1270. The Morgan fingerprint density at radius 3 is 2.42 bits per heavy atom. The van der Waals surface area contributed by atoms with E-state index in [1.54, 1.807) is 12.1 Å². The van der Waals surface area contributed by atoms with E-state index in [-0.39, 0.29) is 24.5 Å². The Morgan fingerprint density at radius 2 is 1.74 bits per heavy atom. The largest absolute Gasteiger partial charge is 0.453 e. The quantitative estimate of drug-likeness (QED) is 0.508. The molecule has 6 nitrogen and oxygen atoms in total. The molecule has 4 rings (SSSR count). The van der Waals surface area contributed by atoms with Gasteiger partial charge in [-0.3, -0.25) is 0 Å². The Labute approximate surface area is 185 Å². The highest BCUT2D eigenvalue weighted by molar-refractivity contribution is 7.99. The van der Waals surface area contributed by atoms with Gasteiger partial charge >= 0.3 is 0 Å². The number of sulfone groups is 1. The second-order valence-corrected chi connectivity index (χ2v) is 12.3. The SMILES string of the molecule is O=S1(=O)CC[C@@H](N(Cc2ccc(Sc3ccccc3)o2)S(=O)(=O)c2ccccc2F)C1. The van der Waals surface area contributed by atoms with E-state index in [0.29, 0.717) is 10.9 Å². The summed E-state index contributed by atoms with van der Waals surface area (Å²) in [5.41, 5.74) is 0. The topological polar surface area (TPSA) is 84.7 Å². The summed E-state index contributed by atoms with van der Waals surface area (Å²) in [6, 6.07) is 17.2. The molecule has 0 saturated carbocycles. The van der Waals surface area contributed by atoms with Crippen molar-refractivity contribution in [3.8, 4) is 0 Å². The van der Waals surface area contributed by atoms with Gasteiger partial charge in [-0.1, -0.05) is 42.1 Å². The van der Waals surface area contributed by atoms with Gasteiger partial charge in [0.25, 0.3) is 0 Å². The van der Waals surface area contributed by atoms with Crippen molar-refractivity contribution in [2.75, 3.05) is 11.5 Å². The van der Waals surface area contributed by atoms with E-state index >= 15 is 0 Å². The average Bonchev–Trinajstić information content (AvgIpc) is 3.32. The minimum Gasteiger partial charge on any atom is -0.453 e. The first-order chi connectivity index (χ1) is 14.7. The van der Waals surface area contributed by atoms with Gasteiger partial charge in [-0.05, 0) is 42.8 Å². The van der Waals surface area contributed by atoms with Crippen LogP contribution in [0.25, 0.3) is 0 Å². The fourth-order valence-corrected chi connectivity index (χ4v) is 7.77. The second kappa shape index (κ2) is 8.78. The molecule has 1 aliphatic heterocycles. The van der Waals surface area contributed by atoms with Gasteiger partial charge in [-0.25, -0.2) is 21.2 Å². The van der Waals surface area contributed by atoms with E-state index in [1.165, 1.54) is 30.0 Å². The van der Waals surface area contributed by atoms with Crippen molar-refractivity contribution in [1.29, 1.82) is 0 Å². The lowest BCUT2D eigenvalue weighted by molar-refractivity contribution is 0.295. The fraction of sp³-hybridized carbons (Fsp3) is 0.238. The number of nitrogens with zero attached hydrogens (tertiary/aromatic N) is 1. The molecule has 0 N–H and O–H groups in total. The smallest absolute Gasteiger partial charge is 0.246 e. The van der Waals surface area contributed by atoms with E-state index in [0.717, 1.165) is 15.3 Å². The first kappa shape index (κ1) is 22.1. The zero-order valence-electron chi connectivity index (χ0n) is 16.3. The third-order valence-electron chi connectivity index (χ3n) is 4.95. The number of halogens is 1. The summed E-state index contributed by atoms with van der Waals surface area (Å²) < 4.78 is 71.8. The summed E-state index contributed by atoms with van der Waals surface area (Å²) in [7, 11) is -7.64. The van der Waals surface area contributed by atoms with Crippen LogP contribution in [0.4, 0.5) is 4.39 Å². The number of hydrogen-bond donors (Lipinski definition) is 0. The molecule has 0 amide bonds. The van der Waals surface area contributed by atoms with Crippen molar-refractivity contribution in [2.45, 2.75) is 33.9 Å². The number of furan rings is 1. The summed E-state index contributed by atoms with van der Waals surface area (Å²) in [6.45, 7) is -0.188. The van der Waals surface area contributed by atoms with E-state index in [4.69, 9.17) is 4.42 Å². The van der Waals surface area contributed by atoms with Crippen molar-refractivity contribution in [1.82, 2.24) is 4.31 Å². The lowest BCUT2D eigenvalue weighted by Crippen LogP contribution is -2.40. The molecular weight excluding hydrogens is 461 g/mol. The average molecular weight is 482 g/mol. The molecule has 1 aliphatic rings. The molecule has 0 unspecified atom stereocenters. The number of hydrogen-bond acceptors (Lipinski definition) is 6. The van der Waals surface area contributed by atoms with Gasteiger partial charge in [-0.15, -0.1) is 0 Å². The van der Waals surface area contributed by atoms with Gasteiger partial charge in [0.05, 0.1) is 18.1 Å². The minimum atomic E-state index is -4.29. The number of benzene rings is 2. The van der Waals surface area contributed by atoms with Crippen molar-refractivity contribution in [3.63, 3.8) is 0 Å². The van der Waals surface area contributed by atoms with Gasteiger partial charge in [0, 0.05) is 10.9 Å². The summed E-state index contributed by atoms with van der Waals surface area (Å²) in [5, 5.41) is 0.573. The molecule has 10 heteroatoms. The molecule has 0 aliphatic carbocycles. The standard InChI is InChI=1S/C21H20FNO5S3/c22-19-8-4-5-9-20(19)31(26,27)23(16-12-13-30(24,25)15-16)14-17-10-11-21(28-17)29-18-6-2-1-3-7-18/h1-11,16H,12-15H2/t16-/m1/s1. The lowest BCUT2D eigenvalue weighted by Gasteiger charge is -2.26. The first-order valence-electron chi connectivity index (χ1n) is 9.53. The van der Waals surface area contributed by atoms with Crippen LogP contribution in [-0.2, 0) is 26.4 Å². The molecule has 164 valence electrons. The van der Waals surface area contributed by atoms with Gasteiger partial charge in [0.1, 0.15) is 16.5 Å². The molecule has 3 aromatic rings. The summed E-state index contributed by atoms with van der Waals surface area (Å²) in [4.78, 5) is 0.478. The molecule has 1 fully saturated rings. The van der Waals surface area contributed by atoms with Gasteiger partial charge in [-0.2, -0.15) is 4.31 Å². The summed E-state index contributed by atoms with van der Waals surface area (Å²) in [6.07, 6.45) is 0.155. The molecule has 0 spiro atoms. The van der Waals surface area contributed by atoms with Crippen LogP contribution in [0.3, 0.4) is 0 Å². The van der Waals surface area contributed by atoms with Crippen molar-refractivity contribution in [3.05, 3.63) is 78.3 Å². The highest BCUT2D eigenvalue weighted by atomic mass is 32.2. The van der Waals surface area contributed by atoms with Crippen LogP contribution in [-0.4, -0.2) is 38.7 Å². The van der Waals surface area contributed by atoms with E-state index in [1.807, 2.05) is 30.3 Å². The Hall–Kier alpha value is -2.14. The van der Waals surface area contributed by atoms with E-state index in [9.17, 15) is 21.2 Å². The Balaban J connectivity index is 1.64. The first-order valence-corrected chi connectivity index (χ1v) is 13.6. The van der Waals surface area contributed by atoms with E-state index < -0.39 is 36.6 Å². The molecule has 1 aromatic heterocycles. The van der Waals surface area contributed by atoms with Crippen LogP contribution in [0.5, 0.6) is 0 Å². The van der Waals surface area contributed by atoms with Crippen molar-refractivity contribution >= 4 is 31.6 Å². The Morgan fingerprint density at radius 1 is 1.03 bits per heavy atom. The number of rotatable bonds is 7. The van der Waals surface area contributed by atoms with Gasteiger partial charge in [0.15, 0.2) is 14.9 Å². The van der Waals surface area contributed by atoms with Crippen LogP contribution < -0.4 is 0 Å². The maximum atomic E-state index is 14.3. The maximum absolute atomic E-state index is 14.3. The molecule has 0 radical (unpaired) electrons. The van der Waals surface area contributed by atoms with Gasteiger partial charge < -0.3 is 4.42 Å². The summed E-state index contributed by atoms with van der Waals surface area (Å²) >= 11 is 1.38. The second-order valence-electron chi connectivity index (χ2n) is 7.17. The van der Waals surface area contributed by atoms with Crippen molar-refractivity contribution in [2.24, 2.45) is 0 Å². The third-order valence-corrected chi connectivity index (χ3v) is 9.56. The normalized spacial score (nSPS) is 18.5. The maximum Gasteiger partial charge on any atom is 0.246 e. The molecule has 31 heavy (non-hydrogen) atoms. The van der Waals surface area contributed by atoms with Crippen molar-refractivity contribution < 1.29 is 25.6 Å². The van der Waals surface area contributed by atoms with Crippen LogP contribution in [0, 0.1) is 5.82 Å². The minimum absolute atomic E-state index is 0.103. The van der Waals surface area contributed by atoms with Crippen LogP contribution >= 0.6 is 11.8 Å². The molecule has 1 atom stereocenters.